The number of aromatic nitrogens is 4. The quantitative estimate of drug-likeness (QED) is 0.183. The van der Waals surface area contributed by atoms with E-state index in [0.717, 1.165) is 0 Å². The molecule has 3 amide bonds. The number of likely N-dealkylation sites (tertiary alicyclic amines) is 1. The van der Waals surface area contributed by atoms with Crippen LogP contribution in [0.5, 0.6) is 0 Å². The second-order valence-corrected chi connectivity index (χ2v) is 14.4. The van der Waals surface area contributed by atoms with Gasteiger partial charge in [-0.3, -0.25) is 19.1 Å². The lowest BCUT2D eigenvalue weighted by molar-refractivity contribution is -0.894. The third-order valence-electron chi connectivity index (χ3n) is 10.1. The zero-order chi connectivity index (χ0) is 39.1. The average molecular weight is 776 g/mol. The third kappa shape index (κ3) is 7.71. The number of anilines is 1. The van der Waals surface area contributed by atoms with E-state index < -0.39 is 30.3 Å². The number of aliphatic hydroxyl groups is 1. The first kappa shape index (κ1) is 38.9. The summed E-state index contributed by atoms with van der Waals surface area (Å²) in [6.07, 6.45) is 2.42. The van der Waals surface area contributed by atoms with Crippen molar-refractivity contribution >= 4 is 35.0 Å². The Morgan fingerprint density at radius 3 is 2.33 bits per heavy atom. The van der Waals surface area contributed by atoms with Crippen LogP contribution in [0.15, 0.2) is 42.7 Å². The Morgan fingerprint density at radius 1 is 1.02 bits per heavy atom. The Hall–Kier alpha value is -4.84. The monoisotopic (exact) mass is 775 g/mol. The molecule has 0 saturated carbocycles. The van der Waals surface area contributed by atoms with E-state index in [9.17, 15) is 28.3 Å². The van der Waals surface area contributed by atoms with Gasteiger partial charge in [-0.1, -0.05) is 17.7 Å². The Bertz CT molecular complexity index is 2080. The second kappa shape index (κ2) is 15.5. The Balaban J connectivity index is 1.09. The molecule has 2 aliphatic heterocycles. The number of hydrogen-bond donors (Lipinski definition) is 2. The zero-order valence-electron chi connectivity index (χ0n) is 30.0. The van der Waals surface area contributed by atoms with E-state index in [4.69, 9.17) is 11.6 Å². The lowest BCUT2D eigenvalue weighted by Gasteiger charge is -2.38. The Kier molecular flexibility index (Phi) is 11.1. The summed E-state index contributed by atoms with van der Waals surface area (Å²) in [4.78, 5) is 47.3. The first-order chi connectivity index (χ1) is 25.6. The molecule has 2 N–H and O–H groups in total. The van der Waals surface area contributed by atoms with Crippen LogP contribution < -0.4 is 5.32 Å². The predicted molar refractivity (Wildman–Crippen MR) is 190 cm³/mol. The minimum Gasteiger partial charge on any atom is -0.387 e. The van der Waals surface area contributed by atoms with E-state index in [1.165, 1.54) is 59.0 Å². The number of alkyl halides is 2. The summed E-state index contributed by atoms with van der Waals surface area (Å²) in [5.41, 5.74) is 1.05. The number of piperazine rings is 1. The zero-order valence-corrected chi connectivity index (χ0v) is 30.8. The summed E-state index contributed by atoms with van der Waals surface area (Å²) in [6, 6.07) is 6.79. The van der Waals surface area contributed by atoms with Gasteiger partial charge in [-0.2, -0.15) is 13.9 Å². The molecule has 0 radical (unpaired) electrons. The lowest BCUT2D eigenvalue weighted by Crippen LogP contribution is -2.58. The fourth-order valence-electron chi connectivity index (χ4n) is 7.14. The number of likely N-dealkylation sites (N-methyl/N-ethyl adjacent to an activating group) is 1. The maximum absolute atomic E-state index is 15.5. The number of nitrogens with one attached hydrogen (secondary N) is 1. The van der Waals surface area contributed by atoms with Gasteiger partial charge in [0, 0.05) is 67.7 Å². The summed E-state index contributed by atoms with van der Waals surface area (Å²) in [5, 5.41) is 16.9. The number of carbonyl (C=O) groups excluding carboxylic acids is 3. The van der Waals surface area contributed by atoms with Crippen molar-refractivity contribution in [3.8, 4) is 22.4 Å². The summed E-state index contributed by atoms with van der Waals surface area (Å²) in [6.45, 7) is 0.151. The molecule has 4 aromatic rings. The topological polar surface area (TPSA) is 135 Å². The van der Waals surface area contributed by atoms with Gasteiger partial charge in [0.15, 0.2) is 23.5 Å². The molecule has 4 heterocycles. The molecule has 0 unspecified atom stereocenters. The minimum absolute atomic E-state index is 0.0128. The molecule has 2 aromatic heterocycles. The number of carbonyl (C=O) groups is 3. The van der Waals surface area contributed by atoms with Gasteiger partial charge in [0.05, 0.1) is 55.9 Å². The van der Waals surface area contributed by atoms with Crippen LogP contribution in [-0.2, 0) is 23.1 Å². The van der Waals surface area contributed by atoms with Crippen LogP contribution in [0.1, 0.15) is 33.1 Å². The SMILES string of the molecule is Cc1c(-c2ccc(-c3cnc(C(=O)Nc4ccc(C(=O)N5CCN(C(=O)[C@@H]6C[C@@H](O)C[N+]6(C)C)CC5)c(Cl)c4)n3C)c(F)c2F)cnn1CCOC(F)F. The molecule has 2 atom stereocenters. The van der Waals surface area contributed by atoms with Crippen molar-refractivity contribution in [1.29, 1.82) is 0 Å². The molecular weight excluding hydrogens is 736 g/mol. The first-order valence-corrected chi connectivity index (χ1v) is 17.6. The van der Waals surface area contributed by atoms with Crippen LogP contribution in [0.4, 0.5) is 23.2 Å². The number of imidazole rings is 1. The number of quaternary nitrogens is 1. The minimum atomic E-state index is -2.94. The lowest BCUT2D eigenvalue weighted by atomic mass is 10.0. The van der Waals surface area contributed by atoms with Gasteiger partial charge < -0.3 is 34.0 Å². The number of aliphatic hydroxyl groups excluding tert-OH is 1. The van der Waals surface area contributed by atoms with E-state index in [0.29, 0.717) is 49.3 Å². The fourth-order valence-corrected chi connectivity index (χ4v) is 7.40. The number of ether oxygens (including phenoxy) is 1. The Morgan fingerprint density at radius 2 is 1.69 bits per heavy atom. The number of nitrogens with zero attached hydrogens (tertiary/aromatic N) is 7. The van der Waals surface area contributed by atoms with E-state index in [1.807, 2.05) is 14.1 Å². The third-order valence-corrected chi connectivity index (χ3v) is 10.4. The number of rotatable bonds is 10. The van der Waals surface area contributed by atoms with E-state index in [2.05, 4.69) is 20.1 Å². The molecular formula is C36H40ClF4N8O5+. The molecule has 288 valence electrons. The Labute approximate surface area is 313 Å². The molecule has 2 saturated heterocycles. The van der Waals surface area contributed by atoms with Crippen molar-refractivity contribution in [2.45, 2.75) is 38.6 Å². The molecule has 13 nitrogen and oxygen atoms in total. The molecule has 0 aliphatic carbocycles. The average Bonchev–Trinajstić information content (AvgIpc) is 3.77. The highest BCUT2D eigenvalue weighted by Gasteiger charge is 2.46. The molecule has 2 aliphatic rings. The van der Waals surface area contributed by atoms with Crippen LogP contribution in [0, 0.1) is 18.6 Å². The normalized spacial score (nSPS) is 18.4. The van der Waals surface area contributed by atoms with Crippen molar-refractivity contribution in [3.63, 3.8) is 0 Å². The van der Waals surface area contributed by atoms with Gasteiger partial charge in [-0.05, 0) is 31.2 Å². The van der Waals surface area contributed by atoms with Gasteiger partial charge in [0.25, 0.3) is 17.7 Å². The van der Waals surface area contributed by atoms with Crippen LogP contribution in [-0.4, -0.2) is 129 Å². The van der Waals surface area contributed by atoms with Crippen molar-refractivity contribution in [2.24, 2.45) is 7.05 Å². The molecule has 0 spiro atoms. The summed E-state index contributed by atoms with van der Waals surface area (Å²) < 4.78 is 63.0. The van der Waals surface area contributed by atoms with Crippen LogP contribution in [0.3, 0.4) is 0 Å². The molecule has 0 bridgehead atoms. The molecule has 54 heavy (non-hydrogen) atoms. The van der Waals surface area contributed by atoms with Crippen LogP contribution in [0.2, 0.25) is 5.02 Å². The number of amides is 3. The van der Waals surface area contributed by atoms with Gasteiger partial charge in [-0.25, -0.2) is 13.8 Å². The maximum Gasteiger partial charge on any atom is 0.345 e. The van der Waals surface area contributed by atoms with Crippen molar-refractivity contribution < 1.29 is 46.3 Å². The van der Waals surface area contributed by atoms with E-state index >= 15 is 8.78 Å². The smallest absolute Gasteiger partial charge is 0.345 e. The molecule has 2 aromatic carbocycles. The number of benzene rings is 2. The predicted octanol–water partition coefficient (Wildman–Crippen LogP) is 4.18. The fraction of sp³-hybridized carbons (Fsp3) is 0.417. The molecule has 18 heteroatoms. The number of halogens is 5. The molecule has 2 fully saturated rings. The number of hydrogen-bond acceptors (Lipinski definition) is 7. The van der Waals surface area contributed by atoms with Crippen molar-refractivity contribution in [3.05, 3.63) is 76.5 Å². The maximum atomic E-state index is 15.5. The van der Waals surface area contributed by atoms with Gasteiger partial charge >= 0.3 is 6.61 Å². The van der Waals surface area contributed by atoms with Gasteiger partial charge in [-0.15, -0.1) is 0 Å². The largest absolute Gasteiger partial charge is 0.387 e. The van der Waals surface area contributed by atoms with Crippen LogP contribution >= 0.6 is 11.6 Å². The van der Waals surface area contributed by atoms with Gasteiger partial charge in [0.2, 0.25) is 0 Å². The summed E-state index contributed by atoms with van der Waals surface area (Å²) in [7, 11) is 5.32. The second-order valence-electron chi connectivity index (χ2n) is 13.9. The van der Waals surface area contributed by atoms with E-state index in [1.54, 1.807) is 16.7 Å². The highest BCUT2D eigenvalue weighted by molar-refractivity contribution is 6.34. The summed E-state index contributed by atoms with van der Waals surface area (Å²) >= 11 is 6.51. The standard InChI is InChI=1S/C36H39ClF4N8O5/c1-20-26(17-43-48(20)13-14-54-36(40)41)23-7-8-25(31(39)30(23)38)28-18-42-32(45(28)2)33(51)44-21-5-6-24(27(37)15-21)34(52)46-9-11-47(12-10-46)35(53)29-16-22(50)19-49(29,3)4/h5-8,15,17-18,22,29,36,50H,9-14,16,19H2,1-4H3/p+1/t22-,29+/m1/s1. The first-order valence-electron chi connectivity index (χ1n) is 17.2. The summed E-state index contributed by atoms with van der Waals surface area (Å²) in [5.74, 6) is -3.50. The van der Waals surface area contributed by atoms with Crippen molar-refractivity contribution in [2.75, 3.05) is 58.7 Å². The van der Waals surface area contributed by atoms with Gasteiger partial charge in [0.1, 0.15) is 12.6 Å². The van der Waals surface area contributed by atoms with E-state index in [-0.39, 0.29) is 75.5 Å². The highest BCUT2D eigenvalue weighted by atomic mass is 35.5. The van der Waals surface area contributed by atoms with Crippen LogP contribution in [0.25, 0.3) is 22.4 Å². The van der Waals surface area contributed by atoms with Crippen molar-refractivity contribution in [1.82, 2.24) is 29.1 Å². The highest BCUT2D eigenvalue weighted by Crippen LogP contribution is 2.33. The molecule has 6 rings (SSSR count).